The Labute approximate surface area is 139 Å². The van der Waals surface area contributed by atoms with Gasteiger partial charge in [-0.15, -0.1) is 11.3 Å². The molecule has 1 aromatic rings. The van der Waals surface area contributed by atoms with Crippen molar-refractivity contribution in [1.29, 1.82) is 0 Å². The summed E-state index contributed by atoms with van der Waals surface area (Å²) in [6.45, 7) is 10.1. The van der Waals surface area contributed by atoms with E-state index in [-0.39, 0.29) is 6.03 Å². The Morgan fingerprint density at radius 1 is 1.32 bits per heavy atom. The molecule has 2 N–H and O–H groups in total. The Morgan fingerprint density at radius 2 is 2.09 bits per heavy atom. The fourth-order valence-electron chi connectivity index (χ4n) is 2.25. The minimum Gasteiger partial charge on any atom is -0.338 e. The third kappa shape index (κ3) is 7.25. The van der Waals surface area contributed by atoms with Crippen molar-refractivity contribution in [3.05, 3.63) is 16.1 Å². The second kappa shape index (κ2) is 10.6. The first-order valence-corrected chi connectivity index (χ1v) is 9.40. The van der Waals surface area contributed by atoms with Crippen LogP contribution < -0.4 is 10.6 Å². The monoisotopic (exact) mass is 325 g/mol. The number of carbonyl (C=O) groups is 1. The highest BCUT2D eigenvalue weighted by Gasteiger charge is 2.09. The molecule has 4 nitrogen and oxygen atoms in total. The number of amides is 2. The van der Waals surface area contributed by atoms with Crippen LogP contribution in [0.4, 0.5) is 4.79 Å². The van der Waals surface area contributed by atoms with Gasteiger partial charge in [0.15, 0.2) is 0 Å². The summed E-state index contributed by atoms with van der Waals surface area (Å²) in [5.41, 5.74) is 1.07. The number of thiazole rings is 1. The molecular weight excluding hydrogens is 294 g/mol. The maximum atomic E-state index is 11.8. The molecule has 0 aliphatic heterocycles. The van der Waals surface area contributed by atoms with Gasteiger partial charge >= 0.3 is 6.03 Å². The van der Waals surface area contributed by atoms with E-state index in [2.05, 4.69) is 48.7 Å². The minimum atomic E-state index is -0.0609. The molecule has 1 atom stereocenters. The van der Waals surface area contributed by atoms with Gasteiger partial charge in [-0.1, -0.05) is 47.0 Å². The van der Waals surface area contributed by atoms with Gasteiger partial charge < -0.3 is 10.6 Å². The number of nitrogens with zero attached hydrogens (tertiary/aromatic N) is 1. The van der Waals surface area contributed by atoms with Gasteiger partial charge in [0.25, 0.3) is 0 Å². The van der Waals surface area contributed by atoms with Crippen LogP contribution in [0.1, 0.15) is 70.0 Å². The standard InChI is InChI=1S/C17H31N3OS/c1-5-7-8-14(6-2)11-19-17(21)18-10-9-15-12-22-16(20-15)13(3)4/h12-14H,5-11H2,1-4H3,(H2,18,19,21). The van der Waals surface area contributed by atoms with E-state index >= 15 is 0 Å². The van der Waals surface area contributed by atoms with E-state index in [0.717, 1.165) is 25.1 Å². The molecular formula is C17H31N3OS. The lowest BCUT2D eigenvalue weighted by Gasteiger charge is -2.15. The maximum absolute atomic E-state index is 11.8. The molecule has 0 radical (unpaired) electrons. The van der Waals surface area contributed by atoms with Gasteiger partial charge in [-0.2, -0.15) is 0 Å². The van der Waals surface area contributed by atoms with Crippen LogP contribution >= 0.6 is 11.3 Å². The molecule has 0 spiro atoms. The molecule has 22 heavy (non-hydrogen) atoms. The fourth-order valence-corrected chi connectivity index (χ4v) is 3.12. The first-order valence-electron chi connectivity index (χ1n) is 8.52. The van der Waals surface area contributed by atoms with Crippen LogP contribution in [0.5, 0.6) is 0 Å². The van der Waals surface area contributed by atoms with Crippen LogP contribution in [0.3, 0.4) is 0 Å². The number of urea groups is 1. The SMILES string of the molecule is CCCCC(CC)CNC(=O)NCCc1csc(C(C)C)n1. The summed E-state index contributed by atoms with van der Waals surface area (Å²) in [5, 5.41) is 9.16. The molecule has 0 bridgehead atoms. The Kier molecular flexibility index (Phi) is 9.13. The Bertz CT molecular complexity index is 431. The zero-order valence-electron chi connectivity index (χ0n) is 14.4. The number of hydrogen-bond acceptors (Lipinski definition) is 3. The molecule has 0 aromatic carbocycles. The lowest BCUT2D eigenvalue weighted by atomic mass is 9.99. The molecule has 0 aliphatic carbocycles. The first-order chi connectivity index (χ1) is 10.6. The second-order valence-corrected chi connectivity index (χ2v) is 7.02. The van der Waals surface area contributed by atoms with Crippen molar-refractivity contribution in [2.45, 2.75) is 65.7 Å². The topological polar surface area (TPSA) is 54.0 Å². The third-order valence-electron chi connectivity index (χ3n) is 3.82. The van der Waals surface area contributed by atoms with E-state index in [1.165, 1.54) is 24.3 Å². The zero-order chi connectivity index (χ0) is 16.4. The molecule has 1 unspecified atom stereocenters. The van der Waals surface area contributed by atoms with E-state index < -0.39 is 0 Å². The number of rotatable bonds is 10. The first kappa shape index (κ1) is 18.9. The van der Waals surface area contributed by atoms with Crippen LogP contribution in [0.25, 0.3) is 0 Å². The largest absolute Gasteiger partial charge is 0.338 e. The Balaban J connectivity index is 2.19. The van der Waals surface area contributed by atoms with Gasteiger partial charge in [-0.25, -0.2) is 9.78 Å². The van der Waals surface area contributed by atoms with Crippen molar-refractivity contribution in [1.82, 2.24) is 15.6 Å². The summed E-state index contributed by atoms with van der Waals surface area (Å²) in [7, 11) is 0. The molecule has 126 valence electrons. The molecule has 0 saturated carbocycles. The summed E-state index contributed by atoms with van der Waals surface area (Å²) in [6, 6.07) is -0.0609. The molecule has 1 aromatic heterocycles. The summed E-state index contributed by atoms with van der Waals surface area (Å²) >= 11 is 1.70. The van der Waals surface area contributed by atoms with Crippen molar-refractivity contribution >= 4 is 17.4 Å². The second-order valence-electron chi connectivity index (χ2n) is 6.14. The van der Waals surface area contributed by atoms with Crippen molar-refractivity contribution in [3.8, 4) is 0 Å². The summed E-state index contributed by atoms with van der Waals surface area (Å²) in [6.07, 6.45) is 5.57. The van der Waals surface area contributed by atoms with Crippen LogP contribution in [-0.4, -0.2) is 24.1 Å². The van der Waals surface area contributed by atoms with Crippen molar-refractivity contribution in [2.75, 3.05) is 13.1 Å². The fraction of sp³-hybridized carbons (Fsp3) is 0.765. The normalized spacial score (nSPS) is 12.4. The van der Waals surface area contributed by atoms with E-state index in [4.69, 9.17) is 0 Å². The van der Waals surface area contributed by atoms with Gasteiger partial charge in [-0.05, 0) is 12.3 Å². The van der Waals surface area contributed by atoms with Gasteiger partial charge in [0.2, 0.25) is 0 Å². The van der Waals surface area contributed by atoms with Gasteiger partial charge in [0.05, 0.1) is 10.7 Å². The van der Waals surface area contributed by atoms with E-state index in [0.29, 0.717) is 18.4 Å². The zero-order valence-corrected chi connectivity index (χ0v) is 15.3. The number of unbranched alkanes of at least 4 members (excludes halogenated alkanes) is 1. The van der Waals surface area contributed by atoms with E-state index in [1.807, 2.05) is 0 Å². The van der Waals surface area contributed by atoms with E-state index in [9.17, 15) is 4.79 Å². The van der Waals surface area contributed by atoms with Gasteiger partial charge in [0, 0.05) is 30.8 Å². The number of carbonyl (C=O) groups excluding carboxylic acids is 1. The molecule has 2 amide bonds. The quantitative estimate of drug-likeness (QED) is 0.673. The molecule has 0 saturated heterocycles. The average Bonchev–Trinajstić information content (AvgIpc) is 2.96. The van der Waals surface area contributed by atoms with Crippen LogP contribution in [0, 0.1) is 5.92 Å². The summed E-state index contributed by atoms with van der Waals surface area (Å²) < 4.78 is 0. The van der Waals surface area contributed by atoms with Gasteiger partial charge in [-0.3, -0.25) is 0 Å². The number of aromatic nitrogens is 1. The molecule has 5 heteroatoms. The lowest BCUT2D eigenvalue weighted by molar-refractivity contribution is 0.238. The van der Waals surface area contributed by atoms with Crippen LogP contribution in [0.15, 0.2) is 5.38 Å². The highest BCUT2D eigenvalue weighted by molar-refractivity contribution is 7.09. The number of hydrogen-bond donors (Lipinski definition) is 2. The van der Waals surface area contributed by atoms with Crippen molar-refractivity contribution in [2.24, 2.45) is 5.92 Å². The number of nitrogens with one attached hydrogen (secondary N) is 2. The minimum absolute atomic E-state index is 0.0609. The summed E-state index contributed by atoms with van der Waals surface area (Å²) in [4.78, 5) is 16.4. The van der Waals surface area contributed by atoms with Crippen LogP contribution in [-0.2, 0) is 6.42 Å². The highest BCUT2D eigenvalue weighted by Crippen LogP contribution is 2.19. The third-order valence-corrected chi connectivity index (χ3v) is 5.02. The van der Waals surface area contributed by atoms with Gasteiger partial charge in [0.1, 0.15) is 0 Å². The highest BCUT2D eigenvalue weighted by atomic mass is 32.1. The van der Waals surface area contributed by atoms with Crippen molar-refractivity contribution in [3.63, 3.8) is 0 Å². The smallest absolute Gasteiger partial charge is 0.314 e. The Morgan fingerprint density at radius 3 is 2.68 bits per heavy atom. The maximum Gasteiger partial charge on any atom is 0.314 e. The van der Waals surface area contributed by atoms with Crippen molar-refractivity contribution < 1.29 is 4.79 Å². The molecule has 1 heterocycles. The predicted octanol–water partition coefficient (Wildman–Crippen LogP) is 4.32. The summed E-state index contributed by atoms with van der Waals surface area (Å²) in [5.74, 6) is 1.07. The predicted molar refractivity (Wildman–Crippen MR) is 94.6 cm³/mol. The Hall–Kier alpha value is -1.10. The molecule has 0 fully saturated rings. The molecule has 0 aliphatic rings. The molecule has 1 rings (SSSR count). The average molecular weight is 326 g/mol. The van der Waals surface area contributed by atoms with E-state index in [1.54, 1.807) is 11.3 Å². The van der Waals surface area contributed by atoms with Crippen LogP contribution in [0.2, 0.25) is 0 Å². The lowest BCUT2D eigenvalue weighted by Crippen LogP contribution is -2.39.